The van der Waals surface area contributed by atoms with Crippen LogP contribution in [-0.4, -0.2) is 35.5 Å². The van der Waals surface area contributed by atoms with Crippen LogP contribution in [0.2, 0.25) is 0 Å². The van der Waals surface area contributed by atoms with Gasteiger partial charge in [0.1, 0.15) is 5.69 Å². The van der Waals surface area contributed by atoms with Gasteiger partial charge in [-0.3, -0.25) is 4.79 Å². The Hall–Kier alpha value is -3.26. The maximum atomic E-state index is 13.1. The molecule has 0 N–H and O–H groups in total. The maximum Gasteiger partial charge on any atom is 0.283 e. The number of hydrogen-bond acceptors (Lipinski definition) is 6. The van der Waals surface area contributed by atoms with Gasteiger partial charge in [-0.1, -0.05) is 54.2 Å². The first-order valence-electron chi connectivity index (χ1n) is 8.40. The molecule has 3 heterocycles. The molecule has 0 bridgehead atoms. The predicted molar refractivity (Wildman–Crippen MR) is 104 cm³/mol. The standard InChI is InChI=1S/C19H14N6OS/c1-27-19-22-21-16-15(11-12-7-3-2-4-8-12)23-25-17(26)13-9-5-6-10-14(13)20-18(25)24(16)19/h2-10H,11H2,1H3. The SMILES string of the molecule is CSc1nnc2c(Cc3ccccc3)nn3c(=O)c4ccccc4nc3n12. The van der Waals surface area contributed by atoms with Crippen LogP contribution in [0.15, 0.2) is 64.5 Å². The van der Waals surface area contributed by atoms with Crippen molar-refractivity contribution in [2.75, 3.05) is 6.26 Å². The minimum absolute atomic E-state index is 0.201. The molecule has 0 aliphatic carbocycles. The monoisotopic (exact) mass is 374 g/mol. The molecule has 2 aromatic carbocycles. The quantitative estimate of drug-likeness (QED) is 0.357. The van der Waals surface area contributed by atoms with Gasteiger partial charge in [0.15, 0.2) is 10.8 Å². The summed E-state index contributed by atoms with van der Waals surface area (Å²) >= 11 is 1.45. The van der Waals surface area contributed by atoms with Crippen LogP contribution < -0.4 is 5.56 Å². The summed E-state index contributed by atoms with van der Waals surface area (Å²) < 4.78 is 3.17. The Morgan fingerprint density at radius 2 is 1.78 bits per heavy atom. The summed E-state index contributed by atoms with van der Waals surface area (Å²) in [6, 6.07) is 17.2. The summed E-state index contributed by atoms with van der Waals surface area (Å²) in [6.45, 7) is 0. The summed E-state index contributed by atoms with van der Waals surface area (Å²) in [7, 11) is 0. The Labute approximate surface area is 157 Å². The van der Waals surface area contributed by atoms with Gasteiger partial charge in [-0.05, 0) is 24.0 Å². The van der Waals surface area contributed by atoms with Gasteiger partial charge in [-0.2, -0.15) is 9.61 Å². The molecule has 0 amide bonds. The molecule has 0 aliphatic heterocycles. The maximum absolute atomic E-state index is 13.1. The fourth-order valence-corrected chi connectivity index (χ4v) is 3.66. The molecule has 5 rings (SSSR count). The molecular formula is C19H14N6OS. The molecule has 5 aromatic rings. The molecule has 0 fully saturated rings. The van der Waals surface area contributed by atoms with Crippen LogP contribution >= 0.6 is 11.8 Å². The highest BCUT2D eigenvalue weighted by Gasteiger charge is 2.18. The Kier molecular flexibility index (Phi) is 3.64. The van der Waals surface area contributed by atoms with Gasteiger partial charge in [0.2, 0.25) is 5.78 Å². The summed E-state index contributed by atoms with van der Waals surface area (Å²) in [5.74, 6) is 0.417. The smallest absolute Gasteiger partial charge is 0.267 e. The van der Waals surface area contributed by atoms with Gasteiger partial charge in [0.05, 0.1) is 10.9 Å². The lowest BCUT2D eigenvalue weighted by Gasteiger charge is -2.09. The zero-order chi connectivity index (χ0) is 18.4. The number of para-hydroxylation sites is 1. The molecule has 0 spiro atoms. The molecular weight excluding hydrogens is 360 g/mol. The van der Waals surface area contributed by atoms with Gasteiger partial charge in [-0.25, -0.2) is 9.38 Å². The van der Waals surface area contributed by atoms with Crippen LogP contribution in [0, 0.1) is 0 Å². The second kappa shape index (κ2) is 6.17. The van der Waals surface area contributed by atoms with Crippen LogP contribution in [0.5, 0.6) is 0 Å². The number of hydrogen-bond donors (Lipinski definition) is 0. The molecule has 0 atom stereocenters. The van der Waals surface area contributed by atoms with E-state index in [2.05, 4.69) is 20.3 Å². The molecule has 0 saturated heterocycles. The third-order valence-corrected chi connectivity index (χ3v) is 5.08. The van der Waals surface area contributed by atoms with Crippen molar-refractivity contribution in [3.05, 3.63) is 76.2 Å². The molecule has 0 radical (unpaired) electrons. The van der Waals surface area contributed by atoms with Gasteiger partial charge in [-0.15, -0.1) is 10.2 Å². The van der Waals surface area contributed by atoms with Crippen molar-refractivity contribution in [3.8, 4) is 0 Å². The number of rotatable bonds is 3. The third kappa shape index (κ3) is 2.48. The molecule has 132 valence electrons. The molecule has 27 heavy (non-hydrogen) atoms. The minimum Gasteiger partial charge on any atom is -0.267 e. The molecule has 0 saturated carbocycles. The van der Waals surface area contributed by atoms with E-state index < -0.39 is 0 Å². The van der Waals surface area contributed by atoms with E-state index in [0.717, 1.165) is 5.56 Å². The Morgan fingerprint density at radius 3 is 2.59 bits per heavy atom. The summed E-state index contributed by atoms with van der Waals surface area (Å²) in [5.41, 5.74) is 2.81. The van der Waals surface area contributed by atoms with Crippen molar-refractivity contribution in [2.45, 2.75) is 11.6 Å². The summed E-state index contributed by atoms with van der Waals surface area (Å²) in [4.78, 5) is 17.7. The molecule has 0 aliphatic rings. The number of thioether (sulfide) groups is 1. The number of nitrogens with zero attached hydrogens (tertiary/aromatic N) is 6. The second-order valence-electron chi connectivity index (χ2n) is 6.10. The summed E-state index contributed by atoms with van der Waals surface area (Å²) in [6.07, 6.45) is 2.47. The van der Waals surface area contributed by atoms with Crippen LogP contribution in [0.25, 0.3) is 22.3 Å². The number of benzene rings is 2. The Morgan fingerprint density at radius 1 is 1.00 bits per heavy atom. The largest absolute Gasteiger partial charge is 0.283 e. The van der Waals surface area contributed by atoms with Crippen LogP contribution in [0.3, 0.4) is 0 Å². The van der Waals surface area contributed by atoms with Crippen molar-refractivity contribution >= 4 is 34.1 Å². The minimum atomic E-state index is -0.201. The van der Waals surface area contributed by atoms with Crippen molar-refractivity contribution in [1.82, 2.24) is 29.2 Å². The van der Waals surface area contributed by atoms with Crippen LogP contribution in [0.1, 0.15) is 11.3 Å². The first-order chi connectivity index (χ1) is 13.3. The van der Waals surface area contributed by atoms with Crippen LogP contribution in [0.4, 0.5) is 0 Å². The highest BCUT2D eigenvalue weighted by Crippen LogP contribution is 2.20. The summed E-state index contributed by atoms with van der Waals surface area (Å²) in [5, 5.41) is 14.4. The zero-order valence-electron chi connectivity index (χ0n) is 14.4. The van der Waals surface area contributed by atoms with Gasteiger partial charge in [0.25, 0.3) is 5.56 Å². The fraction of sp³-hybridized carbons (Fsp3) is 0.105. The van der Waals surface area contributed by atoms with E-state index in [0.29, 0.717) is 39.6 Å². The fourth-order valence-electron chi connectivity index (χ4n) is 3.19. The van der Waals surface area contributed by atoms with Crippen molar-refractivity contribution in [1.29, 1.82) is 0 Å². The molecule has 7 nitrogen and oxygen atoms in total. The molecule has 8 heteroatoms. The van der Waals surface area contributed by atoms with Crippen molar-refractivity contribution in [2.24, 2.45) is 0 Å². The first-order valence-corrected chi connectivity index (χ1v) is 9.62. The highest BCUT2D eigenvalue weighted by atomic mass is 32.2. The predicted octanol–water partition coefficient (Wildman–Crippen LogP) is 2.60. The lowest BCUT2D eigenvalue weighted by molar-refractivity contribution is 0.785. The normalized spacial score (nSPS) is 11.6. The van der Waals surface area contributed by atoms with Crippen molar-refractivity contribution < 1.29 is 0 Å². The topological polar surface area (TPSA) is 77.4 Å². The molecule has 0 unspecified atom stereocenters. The van der Waals surface area contributed by atoms with E-state index in [9.17, 15) is 4.79 Å². The van der Waals surface area contributed by atoms with Crippen molar-refractivity contribution in [3.63, 3.8) is 0 Å². The van der Waals surface area contributed by atoms with E-state index in [1.54, 1.807) is 6.07 Å². The van der Waals surface area contributed by atoms with Gasteiger partial charge in [0, 0.05) is 6.42 Å². The lowest BCUT2D eigenvalue weighted by Crippen LogP contribution is -2.22. The Bertz CT molecular complexity index is 1360. The average Bonchev–Trinajstić information content (AvgIpc) is 3.15. The second-order valence-corrected chi connectivity index (χ2v) is 6.87. The van der Waals surface area contributed by atoms with E-state index in [1.807, 2.05) is 59.2 Å². The molecule has 3 aromatic heterocycles. The van der Waals surface area contributed by atoms with E-state index in [1.165, 1.54) is 16.3 Å². The zero-order valence-corrected chi connectivity index (χ0v) is 15.2. The van der Waals surface area contributed by atoms with E-state index in [-0.39, 0.29) is 5.56 Å². The number of aromatic nitrogens is 6. The average molecular weight is 374 g/mol. The lowest BCUT2D eigenvalue weighted by atomic mass is 10.1. The van der Waals surface area contributed by atoms with E-state index >= 15 is 0 Å². The highest BCUT2D eigenvalue weighted by molar-refractivity contribution is 7.98. The first kappa shape index (κ1) is 16.0. The van der Waals surface area contributed by atoms with Gasteiger partial charge >= 0.3 is 0 Å². The Balaban J connectivity index is 1.90. The van der Waals surface area contributed by atoms with Crippen LogP contribution in [-0.2, 0) is 6.42 Å². The number of fused-ring (bicyclic) bond motifs is 4. The van der Waals surface area contributed by atoms with Gasteiger partial charge < -0.3 is 0 Å². The van der Waals surface area contributed by atoms with E-state index in [4.69, 9.17) is 0 Å². The third-order valence-electron chi connectivity index (χ3n) is 4.45.